The topological polar surface area (TPSA) is 32.5 Å². The third kappa shape index (κ3) is 3.34. The highest BCUT2D eigenvalue weighted by atomic mass is 15.2. The summed E-state index contributed by atoms with van der Waals surface area (Å²) in [6, 6.07) is 3.09. The number of nitrogens with two attached hydrogens (primary N) is 1. The van der Waals surface area contributed by atoms with Gasteiger partial charge in [-0.15, -0.1) is 0 Å². The molecule has 3 nitrogen and oxygen atoms in total. The highest BCUT2D eigenvalue weighted by Gasteiger charge is 2.45. The van der Waals surface area contributed by atoms with E-state index >= 15 is 0 Å². The van der Waals surface area contributed by atoms with E-state index in [4.69, 9.17) is 5.73 Å². The zero-order chi connectivity index (χ0) is 16.0. The van der Waals surface area contributed by atoms with Gasteiger partial charge in [0.15, 0.2) is 0 Å². The second-order valence-corrected chi connectivity index (χ2v) is 9.38. The number of piperidine rings is 2. The summed E-state index contributed by atoms with van der Waals surface area (Å²) in [5.41, 5.74) is 6.03. The summed E-state index contributed by atoms with van der Waals surface area (Å²) in [5, 5.41) is 0. The molecule has 2 bridgehead atoms. The minimum atomic E-state index is 0.529. The monoisotopic (exact) mass is 319 g/mol. The predicted octanol–water partition coefficient (Wildman–Crippen LogP) is 3.09. The first-order valence-electron chi connectivity index (χ1n) is 10.4. The van der Waals surface area contributed by atoms with Gasteiger partial charge in [0.1, 0.15) is 0 Å². The van der Waals surface area contributed by atoms with Crippen LogP contribution < -0.4 is 5.73 Å². The molecule has 3 aliphatic heterocycles. The molecule has 132 valence electrons. The number of hydrogen-bond donors (Lipinski definition) is 1. The van der Waals surface area contributed by atoms with Gasteiger partial charge < -0.3 is 10.6 Å². The molecule has 3 saturated heterocycles. The number of hydrogen-bond acceptors (Lipinski definition) is 3. The summed E-state index contributed by atoms with van der Waals surface area (Å²) in [5.74, 6) is 2.94. The Labute approximate surface area is 143 Å². The third-order valence-corrected chi connectivity index (χ3v) is 7.65. The van der Waals surface area contributed by atoms with Gasteiger partial charge in [0, 0.05) is 30.7 Å². The van der Waals surface area contributed by atoms with Crippen molar-refractivity contribution in [3.05, 3.63) is 0 Å². The Balaban J connectivity index is 1.28. The normalized spacial score (nSPS) is 43.0. The fourth-order valence-corrected chi connectivity index (χ4v) is 6.04. The van der Waals surface area contributed by atoms with E-state index in [2.05, 4.69) is 23.6 Å². The van der Waals surface area contributed by atoms with Gasteiger partial charge in [0.25, 0.3) is 0 Å². The van der Waals surface area contributed by atoms with E-state index in [1.165, 1.54) is 71.0 Å². The molecular weight excluding hydrogens is 282 g/mol. The van der Waals surface area contributed by atoms with Crippen LogP contribution >= 0.6 is 0 Å². The molecule has 4 fully saturated rings. The lowest BCUT2D eigenvalue weighted by Gasteiger charge is -2.47. The average molecular weight is 320 g/mol. The zero-order valence-corrected chi connectivity index (χ0v) is 15.3. The molecule has 1 aliphatic carbocycles. The van der Waals surface area contributed by atoms with Crippen molar-refractivity contribution in [2.24, 2.45) is 23.5 Å². The molecule has 3 heterocycles. The zero-order valence-electron chi connectivity index (χ0n) is 15.3. The van der Waals surface area contributed by atoms with E-state index in [1.54, 1.807) is 0 Å². The van der Waals surface area contributed by atoms with Crippen LogP contribution in [0, 0.1) is 17.8 Å². The van der Waals surface area contributed by atoms with Crippen molar-refractivity contribution in [1.29, 1.82) is 0 Å². The minimum absolute atomic E-state index is 0.529. The number of nitrogens with zero attached hydrogens (tertiary/aromatic N) is 2. The Morgan fingerprint density at radius 3 is 1.96 bits per heavy atom. The summed E-state index contributed by atoms with van der Waals surface area (Å²) < 4.78 is 0. The number of rotatable bonds is 4. The lowest BCUT2D eigenvalue weighted by atomic mass is 9.68. The summed E-state index contributed by atoms with van der Waals surface area (Å²) in [6.07, 6.45) is 11.4. The summed E-state index contributed by atoms with van der Waals surface area (Å²) in [4.78, 5) is 5.61. The maximum atomic E-state index is 6.03. The fourth-order valence-electron chi connectivity index (χ4n) is 6.04. The van der Waals surface area contributed by atoms with Gasteiger partial charge in [-0.1, -0.05) is 0 Å². The SMILES string of the molecule is CC(C)N1CCC(CN2C3CCC2CC(C2CC(N)C2)C3)CC1. The van der Waals surface area contributed by atoms with Gasteiger partial charge in [-0.2, -0.15) is 0 Å². The third-order valence-electron chi connectivity index (χ3n) is 7.65. The van der Waals surface area contributed by atoms with Crippen LogP contribution in [0.4, 0.5) is 0 Å². The standard InChI is InChI=1S/C20H37N3/c1-14(2)22-7-5-15(6-8-22)13-23-19-3-4-20(23)12-17(11-19)16-9-18(21)10-16/h14-20H,3-13,21H2,1-2H3. The van der Waals surface area contributed by atoms with Crippen molar-refractivity contribution >= 4 is 0 Å². The second-order valence-electron chi connectivity index (χ2n) is 9.38. The van der Waals surface area contributed by atoms with Crippen LogP contribution in [0.15, 0.2) is 0 Å². The van der Waals surface area contributed by atoms with Gasteiger partial charge >= 0.3 is 0 Å². The molecular formula is C20H37N3. The summed E-state index contributed by atoms with van der Waals surface area (Å²) in [6.45, 7) is 8.75. The quantitative estimate of drug-likeness (QED) is 0.864. The highest BCUT2D eigenvalue weighted by Crippen LogP contribution is 2.46. The number of likely N-dealkylation sites (tertiary alicyclic amines) is 1. The molecule has 0 aromatic carbocycles. The molecule has 0 radical (unpaired) electrons. The second kappa shape index (κ2) is 6.65. The van der Waals surface area contributed by atoms with Gasteiger partial charge in [-0.3, -0.25) is 4.90 Å². The molecule has 2 unspecified atom stereocenters. The maximum Gasteiger partial charge on any atom is 0.0102 e. The molecule has 4 rings (SSSR count). The van der Waals surface area contributed by atoms with Crippen LogP contribution in [-0.2, 0) is 0 Å². The van der Waals surface area contributed by atoms with E-state index < -0.39 is 0 Å². The lowest BCUT2D eigenvalue weighted by Crippen LogP contribution is -2.50. The van der Waals surface area contributed by atoms with Crippen LogP contribution in [0.25, 0.3) is 0 Å². The van der Waals surface area contributed by atoms with Crippen molar-refractivity contribution in [3.8, 4) is 0 Å². The molecule has 0 spiro atoms. The fraction of sp³-hybridized carbons (Fsp3) is 1.00. The van der Waals surface area contributed by atoms with Crippen LogP contribution in [0.1, 0.15) is 65.2 Å². The molecule has 3 heteroatoms. The first-order valence-corrected chi connectivity index (χ1v) is 10.4. The molecule has 1 saturated carbocycles. The average Bonchev–Trinajstić information content (AvgIpc) is 2.74. The smallest absolute Gasteiger partial charge is 0.0102 e. The van der Waals surface area contributed by atoms with E-state index in [9.17, 15) is 0 Å². The van der Waals surface area contributed by atoms with Crippen molar-refractivity contribution in [2.75, 3.05) is 19.6 Å². The summed E-state index contributed by atoms with van der Waals surface area (Å²) in [7, 11) is 0. The summed E-state index contributed by atoms with van der Waals surface area (Å²) >= 11 is 0. The Hall–Kier alpha value is -0.120. The van der Waals surface area contributed by atoms with Gasteiger partial charge in [0.05, 0.1) is 0 Å². The Morgan fingerprint density at radius 1 is 0.870 bits per heavy atom. The Morgan fingerprint density at radius 2 is 1.43 bits per heavy atom. The van der Waals surface area contributed by atoms with Crippen molar-refractivity contribution < 1.29 is 0 Å². The van der Waals surface area contributed by atoms with Crippen molar-refractivity contribution in [3.63, 3.8) is 0 Å². The van der Waals surface area contributed by atoms with Crippen molar-refractivity contribution in [1.82, 2.24) is 9.80 Å². The van der Waals surface area contributed by atoms with E-state index in [0.717, 1.165) is 35.9 Å². The molecule has 0 aromatic rings. The lowest BCUT2D eigenvalue weighted by molar-refractivity contribution is 0.0282. The Bertz CT molecular complexity index is 382. The van der Waals surface area contributed by atoms with Gasteiger partial charge in [-0.05, 0) is 96.1 Å². The maximum absolute atomic E-state index is 6.03. The number of fused-ring (bicyclic) bond motifs is 2. The van der Waals surface area contributed by atoms with Crippen LogP contribution in [0.3, 0.4) is 0 Å². The van der Waals surface area contributed by atoms with Gasteiger partial charge in [-0.25, -0.2) is 0 Å². The van der Waals surface area contributed by atoms with Crippen LogP contribution in [0.5, 0.6) is 0 Å². The van der Waals surface area contributed by atoms with E-state index in [-0.39, 0.29) is 0 Å². The molecule has 2 N–H and O–H groups in total. The molecule has 0 aromatic heterocycles. The van der Waals surface area contributed by atoms with Crippen LogP contribution in [0.2, 0.25) is 0 Å². The first-order chi connectivity index (χ1) is 11.1. The largest absolute Gasteiger partial charge is 0.328 e. The molecule has 4 aliphatic rings. The first kappa shape index (κ1) is 16.4. The molecule has 23 heavy (non-hydrogen) atoms. The molecule has 2 atom stereocenters. The van der Waals surface area contributed by atoms with Crippen molar-refractivity contribution in [2.45, 2.75) is 89.4 Å². The van der Waals surface area contributed by atoms with E-state index in [1.807, 2.05) is 0 Å². The Kier molecular flexibility index (Phi) is 4.73. The highest BCUT2D eigenvalue weighted by molar-refractivity contribution is 5.00. The predicted molar refractivity (Wildman–Crippen MR) is 96.4 cm³/mol. The van der Waals surface area contributed by atoms with Crippen LogP contribution in [-0.4, -0.2) is 53.6 Å². The molecule has 0 amide bonds. The minimum Gasteiger partial charge on any atom is -0.328 e. The van der Waals surface area contributed by atoms with E-state index in [0.29, 0.717) is 6.04 Å². The van der Waals surface area contributed by atoms with Gasteiger partial charge in [0.2, 0.25) is 0 Å².